The van der Waals surface area contributed by atoms with Crippen molar-refractivity contribution in [3.63, 3.8) is 0 Å². The van der Waals surface area contributed by atoms with Gasteiger partial charge < -0.3 is 11.5 Å². The van der Waals surface area contributed by atoms with Gasteiger partial charge in [0.05, 0.1) is 0 Å². The fraction of sp³-hybridized carbons (Fsp3) is 0. The number of rotatable bonds is 2. The van der Waals surface area contributed by atoms with Crippen LogP contribution in [0.4, 0.5) is 11.9 Å². The summed E-state index contributed by atoms with van der Waals surface area (Å²) in [5.74, 6) is 0.631. The minimum atomic E-state index is 0.105. The number of halogens is 1. The molecule has 86 valence electrons. The number of nitrogens with two attached hydrogens (primary N) is 2. The van der Waals surface area contributed by atoms with E-state index in [2.05, 4.69) is 15.0 Å². The van der Waals surface area contributed by atoms with Crippen LogP contribution in [0.15, 0.2) is 24.3 Å². The molecule has 2 aromatic rings. The lowest BCUT2D eigenvalue weighted by molar-refractivity contribution is 1.06. The number of hydrogen-bond donors (Lipinski definition) is 2. The van der Waals surface area contributed by atoms with E-state index in [1.165, 1.54) is 0 Å². The summed E-state index contributed by atoms with van der Waals surface area (Å²) >= 11 is 5.78. The summed E-state index contributed by atoms with van der Waals surface area (Å²) in [6.45, 7) is 0. The van der Waals surface area contributed by atoms with Crippen molar-refractivity contribution in [1.29, 1.82) is 0 Å². The number of hydrogen-bond acceptors (Lipinski definition) is 5. The van der Waals surface area contributed by atoms with Gasteiger partial charge in [0.1, 0.15) is 0 Å². The molecule has 2 rings (SSSR count). The van der Waals surface area contributed by atoms with E-state index in [-0.39, 0.29) is 11.9 Å². The van der Waals surface area contributed by atoms with Crippen LogP contribution in [-0.2, 0) is 0 Å². The number of anilines is 2. The monoisotopic (exact) mass is 247 g/mol. The third kappa shape index (κ3) is 3.15. The lowest BCUT2D eigenvalue weighted by atomic mass is 10.2. The van der Waals surface area contributed by atoms with Crippen LogP contribution in [0.1, 0.15) is 11.4 Å². The van der Waals surface area contributed by atoms with Crippen molar-refractivity contribution in [1.82, 2.24) is 15.0 Å². The predicted molar refractivity (Wildman–Crippen MR) is 69.0 cm³/mol. The summed E-state index contributed by atoms with van der Waals surface area (Å²) in [4.78, 5) is 11.5. The molecule has 0 bridgehead atoms. The number of nitrogens with zero attached hydrogens (tertiary/aromatic N) is 3. The van der Waals surface area contributed by atoms with Crippen molar-refractivity contribution in [3.05, 3.63) is 40.7 Å². The zero-order valence-electron chi connectivity index (χ0n) is 8.84. The first-order valence-electron chi connectivity index (χ1n) is 4.84. The zero-order chi connectivity index (χ0) is 12.3. The molecule has 1 aromatic heterocycles. The van der Waals surface area contributed by atoms with E-state index in [1.54, 1.807) is 18.2 Å². The number of nitrogen functional groups attached to an aromatic ring is 2. The number of aromatic nitrogens is 3. The lowest BCUT2D eigenvalue weighted by Crippen LogP contribution is -2.03. The van der Waals surface area contributed by atoms with Crippen molar-refractivity contribution in [2.45, 2.75) is 0 Å². The molecular weight excluding hydrogens is 238 g/mol. The second kappa shape index (κ2) is 4.80. The second-order valence-corrected chi connectivity index (χ2v) is 3.73. The Bertz CT molecular complexity index is 530. The molecule has 0 saturated carbocycles. The summed E-state index contributed by atoms with van der Waals surface area (Å²) in [5, 5.41) is 0.691. The van der Waals surface area contributed by atoms with Gasteiger partial charge in [-0.3, -0.25) is 0 Å². The number of benzene rings is 1. The van der Waals surface area contributed by atoms with Crippen molar-refractivity contribution in [3.8, 4) is 0 Å². The first-order chi connectivity index (χ1) is 8.13. The van der Waals surface area contributed by atoms with Crippen molar-refractivity contribution in [2.75, 3.05) is 11.5 Å². The molecule has 0 fully saturated rings. The van der Waals surface area contributed by atoms with Gasteiger partial charge in [-0.25, -0.2) is 0 Å². The van der Waals surface area contributed by atoms with Crippen LogP contribution < -0.4 is 11.5 Å². The highest BCUT2D eigenvalue weighted by Crippen LogP contribution is 2.11. The van der Waals surface area contributed by atoms with Crippen LogP contribution in [-0.4, -0.2) is 15.0 Å². The Kier molecular flexibility index (Phi) is 3.20. The Balaban J connectivity index is 2.22. The van der Waals surface area contributed by atoms with E-state index in [4.69, 9.17) is 23.1 Å². The standard InChI is InChI=1S/C11H10ClN5/c12-8-4-1-7(2-5-8)3-6-9-15-10(13)17-11(14)16-9/h1-6H,(H4,13,14,15,16,17)/b6-3+. The minimum Gasteiger partial charge on any atom is -0.368 e. The molecule has 0 amide bonds. The highest BCUT2D eigenvalue weighted by Gasteiger charge is 1.97. The Hall–Kier alpha value is -2.14. The van der Waals surface area contributed by atoms with Gasteiger partial charge in [0.2, 0.25) is 11.9 Å². The maximum Gasteiger partial charge on any atom is 0.225 e. The molecule has 0 atom stereocenters. The normalized spacial score (nSPS) is 10.9. The molecule has 17 heavy (non-hydrogen) atoms. The van der Waals surface area contributed by atoms with E-state index >= 15 is 0 Å². The van der Waals surface area contributed by atoms with Crippen molar-refractivity contribution < 1.29 is 0 Å². The summed E-state index contributed by atoms with van der Waals surface area (Å²) in [5.41, 5.74) is 11.9. The first kappa shape index (κ1) is 11.3. The fourth-order valence-electron chi connectivity index (χ4n) is 1.25. The molecule has 0 aliphatic carbocycles. The fourth-order valence-corrected chi connectivity index (χ4v) is 1.37. The SMILES string of the molecule is Nc1nc(N)nc(/C=C/c2ccc(Cl)cc2)n1. The van der Waals surface area contributed by atoms with E-state index < -0.39 is 0 Å². The van der Waals surface area contributed by atoms with Crippen LogP contribution in [0.5, 0.6) is 0 Å². The molecule has 1 heterocycles. The van der Waals surface area contributed by atoms with Gasteiger partial charge >= 0.3 is 0 Å². The van der Waals surface area contributed by atoms with Gasteiger partial charge in [0, 0.05) is 5.02 Å². The smallest absolute Gasteiger partial charge is 0.225 e. The van der Waals surface area contributed by atoms with Gasteiger partial charge in [-0.05, 0) is 23.8 Å². The third-order valence-electron chi connectivity index (χ3n) is 1.98. The largest absolute Gasteiger partial charge is 0.368 e. The zero-order valence-corrected chi connectivity index (χ0v) is 9.59. The average molecular weight is 248 g/mol. The highest BCUT2D eigenvalue weighted by molar-refractivity contribution is 6.30. The lowest BCUT2D eigenvalue weighted by Gasteiger charge is -1.97. The summed E-state index contributed by atoms with van der Waals surface area (Å²) in [6, 6.07) is 7.37. The molecule has 0 aliphatic rings. The maximum atomic E-state index is 5.78. The molecule has 0 saturated heterocycles. The molecule has 0 spiro atoms. The summed E-state index contributed by atoms with van der Waals surface area (Å²) in [7, 11) is 0. The minimum absolute atomic E-state index is 0.105. The molecule has 6 heteroatoms. The predicted octanol–water partition coefficient (Wildman–Crippen LogP) is 1.86. The molecule has 0 aliphatic heterocycles. The van der Waals surface area contributed by atoms with Crippen molar-refractivity contribution in [2.24, 2.45) is 0 Å². The summed E-state index contributed by atoms with van der Waals surface area (Å²) in [6.07, 6.45) is 3.54. The quantitative estimate of drug-likeness (QED) is 0.845. The van der Waals surface area contributed by atoms with E-state index in [9.17, 15) is 0 Å². The molecule has 0 unspecified atom stereocenters. The topological polar surface area (TPSA) is 90.7 Å². The Morgan fingerprint density at radius 2 is 1.47 bits per heavy atom. The van der Waals surface area contributed by atoms with Crippen molar-refractivity contribution >= 4 is 35.6 Å². The van der Waals surface area contributed by atoms with Crippen LogP contribution in [0.2, 0.25) is 5.02 Å². The molecular formula is C11H10ClN5. The average Bonchev–Trinajstić information content (AvgIpc) is 2.27. The maximum absolute atomic E-state index is 5.78. The molecule has 1 aromatic carbocycles. The third-order valence-corrected chi connectivity index (χ3v) is 2.23. The Morgan fingerprint density at radius 3 is 2.06 bits per heavy atom. The first-order valence-corrected chi connectivity index (χ1v) is 5.22. The van der Waals surface area contributed by atoms with Gasteiger partial charge in [0.15, 0.2) is 5.82 Å². The van der Waals surface area contributed by atoms with E-state index in [1.807, 2.05) is 18.2 Å². The van der Waals surface area contributed by atoms with Gasteiger partial charge in [0.25, 0.3) is 0 Å². The highest BCUT2D eigenvalue weighted by atomic mass is 35.5. The molecule has 4 N–H and O–H groups in total. The Labute approximate surface area is 103 Å². The van der Waals surface area contributed by atoms with Crippen LogP contribution in [0.25, 0.3) is 12.2 Å². The Morgan fingerprint density at radius 1 is 0.882 bits per heavy atom. The van der Waals surface area contributed by atoms with E-state index in [0.717, 1.165) is 5.56 Å². The molecule has 5 nitrogen and oxygen atoms in total. The summed E-state index contributed by atoms with van der Waals surface area (Å²) < 4.78 is 0. The van der Waals surface area contributed by atoms with Crippen LogP contribution >= 0.6 is 11.6 Å². The van der Waals surface area contributed by atoms with Gasteiger partial charge in [-0.1, -0.05) is 29.8 Å². The van der Waals surface area contributed by atoms with Gasteiger partial charge in [-0.2, -0.15) is 15.0 Å². The van der Waals surface area contributed by atoms with E-state index in [0.29, 0.717) is 10.8 Å². The van der Waals surface area contributed by atoms with Gasteiger partial charge in [-0.15, -0.1) is 0 Å². The van der Waals surface area contributed by atoms with Crippen LogP contribution in [0, 0.1) is 0 Å². The second-order valence-electron chi connectivity index (χ2n) is 3.29. The van der Waals surface area contributed by atoms with Crippen LogP contribution in [0.3, 0.4) is 0 Å². The molecule has 0 radical (unpaired) electrons.